The molecule has 286 valence electrons. The fourth-order valence-electron chi connectivity index (χ4n) is 7.17. The van der Waals surface area contributed by atoms with Crippen molar-refractivity contribution in [3.05, 3.63) is 46.5 Å². The van der Waals surface area contributed by atoms with E-state index in [2.05, 4.69) is 10.6 Å². The maximum Gasteiger partial charge on any atom is 0.409 e. The van der Waals surface area contributed by atoms with Crippen LogP contribution in [0.3, 0.4) is 0 Å². The first-order chi connectivity index (χ1) is 24.4. The van der Waals surface area contributed by atoms with Gasteiger partial charge in [-0.3, -0.25) is 14.9 Å². The Hall–Kier alpha value is -3.73. The maximum absolute atomic E-state index is 14.5. The minimum Gasteiger partial charge on any atom is -0.495 e. The Morgan fingerprint density at radius 3 is 2.40 bits per heavy atom. The number of carbonyl (C=O) groups is 4. The zero-order valence-electron chi connectivity index (χ0n) is 30.6. The Balaban J connectivity index is 1.70. The number of hydrogen-bond acceptors (Lipinski definition) is 12. The van der Waals surface area contributed by atoms with E-state index in [0.717, 1.165) is 0 Å². The summed E-state index contributed by atoms with van der Waals surface area (Å²) in [6, 6.07) is 2.15. The molecule has 3 amide bonds. The topological polar surface area (TPSA) is 195 Å². The van der Waals surface area contributed by atoms with Gasteiger partial charge < -0.3 is 48.9 Å². The summed E-state index contributed by atoms with van der Waals surface area (Å²) in [5, 5.41) is 28.0. The minimum absolute atomic E-state index is 0.0818. The largest absolute Gasteiger partial charge is 0.495 e. The van der Waals surface area contributed by atoms with Crippen LogP contribution in [0.5, 0.6) is 5.75 Å². The Labute approximate surface area is 307 Å². The quantitative estimate of drug-likeness (QED) is 0.261. The molecule has 0 radical (unpaired) electrons. The number of nitrogens with one attached hydrogen (secondary N) is 2. The highest BCUT2D eigenvalue weighted by Gasteiger charge is 2.64. The lowest BCUT2D eigenvalue weighted by Gasteiger charge is -2.42. The molecular weight excluding hydrogens is 702 g/mol. The maximum atomic E-state index is 14.5. The number of methoxy groups -OCH3 is 3. The van der Waals surface area contributed by atoms with Gasteiger partial charge in [0.25, 0.3) is 5.91 Å². The highest BCUT2D eigenvalue weighted by Crippen LogP contribution is 2.49. The molecule has 15 nitrogen and oxygen atoms in total. The molecule has 52 heavy (non-hydrogen) atoms. The summed E-state index contributed by atoms with van der Waals surface area (Å²) in [4.78, 5) is 55.4. The number of allylic oxidation sites excluding steroid dienone is 2. The molecule has 3 unspecified atom stereocenters. The molecule has 5 rings (SSSR count). The number of anilines is 1. The highest BCUT2D eigenvalue weighted by atomic mass is 35.5. The number of carbonyl (C=O) groups excluding carboxylic acids is 4. The average Bonchev–Trinajstić information content (AvgIpc) is 3.78. The number of epoxide rings is 1. The molecule has 4 aliphatic heterocycles. The number of nitrogens with zero attached hydrogens (tertiary/aromatic N) is 1. The molecule has 4 heterocycles. The van der Waals surface area contributed by atoms with E-state index in [9.17, 15) is 29.4 Å². The van der Waals surface area contributed by atoms with Crippen molar-refractivity contribution >= 4 is 41.2 Å². The molecule has 10 atom stereocenters. The molecule has 0 aliphatic carbocycles. The van der Waals surface area contributed by atoms with Crippen LogP contribution in [-0.2, 0) is 38.1 Å². The second kappa shape index (κ2) is 15.0. The predicted octanol–water partition coefficient (Wildman–Crippen LogP) is 2.84. The lowest BCUT2D eigenvalue weighted by molar-refractivity contribution is -0.159. The molecular formula is C36H48ClN3O12. The van der Waals surface area contributed by atoms with Gasteiger partial charge in [0.15, 0.2) is 5.72 Å². The van der Waals surface area contributed by atoms with Gasteiger partial charge in [-0.25, -0.2) is 9.59 Å². The lowest BCUT2D eigenvalue weighted by atomic mass is 9.83. The number of rotatable bonds is 3. The third-order valence-electron chi connectivity index (χ3n) is 10.5. The van der Waals surface area contributed by atoms with E-state index in [-0.39, 0.29) is 35.8 Å². The number of hydrogen-bond donors (Lipinski definition) is 4. The predicted molar refractivity (Wildman–Crippen MR) is 187 cm³/mol. The second-order valence-electron chi connectivity index (χ2n) is 14.3. The van der Waals surface area contributed by atoms with Gasteiger partial charge in [-0.15, -0.1) is 0 Å². The standard InChI is InChI=1S/C36H48ClN3O12/c1-18-10-9-11-25(48-7)36(46)17-24(50-33(44)39-36)19(2)30-35(5,52-30)26-16-27(41)40(13-12-34(4,45)32(43)38-20(3)31(42)51-26)22-14-21(29(18)49-8)15-23(47-6)28(22)37/h9-11,14-15,19-20,24-26,29-30,45-46H,12-13,16-17H2,1-8H3,(H,38,43)(H,39,44)/b11-9+,18-10+/t19-,20?,24+,25-,26+,29?,30+,34?,35+,36+/m1/s1. The van der Waals surface area contributed by atoms with Crippen LogP contribution in [0.1, 0.15) is 65.5 Å². The molecule has 3 saturated heterocycles. The van der Waals surface area contributed by atoms with E-state index >= 15 is 0 Å². The number of aliphatic hydroxyl groups is 2. The number of benzene rings is 1. The summed E-state index contributed by atoms with van der Waals surface area (Å²) in [6.45, 7) is 7.79. The second-order valence-corrected chi connectivity index (χ2v) is 14.7. The molecule has 1 aromatic carbocycles. The third kappa shape index (κ3) is 7.66. The van der Waals surface area contributed by atoms with Crippen LogP contribution < -0.4 is 20.3 Å². The Morgan fingerprint density at radius 2 is 1.75 bits per heavy atom. The number of amides is 3. The van der Waals surface area contributed by atoms with Gasteiger partial charge in [-0.05, 0) is 51.0 Å². The van der Waals surface area contributed by atoms with E-state index in [1.807, 2.05) is 6.92 Å². The molecule has 3 fully saturated rings. The summed E-state index contributed by atoms with van der Waals surface area (Å²) < 4.78 is 34.9. The van der Waals surface area contributed by atoms with Gasteiger partial charge in [-0.2, -0.15) is 0 Å². The van der Waals surface area contributed by atoms with Crippen molar-refractivity contribution in [2.24, 2.45) is 5.92 Å². The van der Waals surface area contributed by atoms with Crippen molar-refractivity contribution in [3.63, 3.8) is 0 Å². The van der Waals surface area contributed by atoms with Crippen molar-refractivity contribution in [3.8, 4) is 5.75 Å². The number of esters is 1. The van der Waals surface area contributed by atoms with Crippen LogP contribution in [0.2, 0.25) is 5.02 Å². The monoisotopic (exact) mass is 749 g/mol. The van der Waals surface area contributed by atoms with Gasteiger partial charge in [-0.1, -0.05) is 36.8 Å². The normalized spacial score (nSPS) is 38.9. The van der Waals surface area contributed by atoms with E-state index < -0.39 is 89.7 Å². The Kier molecular flexibility index (Phi) is 11.4. The van der Waals surface area contributed by atoms with E-state index in [0.29, 0.717) is 11.1 Å². The fraction of sp³-hybridized carbons (Fsp3) is 0.611. The molecule has 1 aromatic rings. The first kappa shape index (κ1) is 39.5. The van der Waals surface area contributed by atoms with Gasteiger partial charge in [0.05, 0.1) is 25.3 Å². The molecule has 6 bridgehead atoms. The molecule has 4 N–H and O–H groups in total. The third-order valence-corrected chi connectivity index (χ3v) is 10.9. The van der Waals surface area contributed by atoms with Crippen molar-refractivity contribution in [2.45, 2.75) is 107 Å². The summed E-state index contributed by atoms with van der Waals surface area (Å²) in [5.41, 5.74) is -3.68. The summed E-state index contributed by atoms with van der Waals surface area (Å²) in [5.74, 6) is -2.60. The van der Waals surface area contributed by atoms with Crippen LogP contribution in [0.25, 0.3) is 0 Å². The smallest absolute Gasteiger partial charge is 0.409 e. The molecule has 0 saturated carbocycles. The van der Waals surface area contributed by atoms with Crippen LogP contribution in [0, 0.1) is 5.92 Å². The lowest BCUT2D eigenvalue weighted by Crippen LogP contribution is -2.63. The van der Waals surface area contributed by atoms with Crippen LogP contribution in [0.4, 0.5) is 10.5 Å². The van der Waals surface area contributed by atoms with E-state index in [1.165, 1.54) is 40.1 Å². The molecule has 0 spiro atoms. The van der Waals surface area contributed by atoms with Gasteiger partial charge >= 0.3 is 12.1 Å². The van der Waals surface area contributed by atoms with Crippen molar-refractivity contribution in [1.29, 1.82) is 0 Å². The van der Waals surface area contributed by atoms with E-state index in [1.54, 1.807) is 44.2 Å². The number of ether oxygens (including phenoxy) is 6. The summed E-state index contributed by atoms with van der Waals surface area (Å²) in [6.07, 6.45) is -1.04. The Bertz CT molecular complexity index is 1650. The number of fused-ring (bicyclic) bond motifs is 10. The van der Waals surface area contributed by atoms with Gasteiger partial charge in [0.2, 0.25) is 5.91 Å². The van der Waals surface area contributed by atoms with Crippen molar-refractivity contribution in [2.75, 3.05) is 32.8 Å². The van der Waals surface area contributed by atoms with Gasteiger partial charge in [0.1, 0.15) is 52.4 Å². The van der Waals surface area contributed by atoms with Gasteiger partial charge in [0, 0.05) is 39.5 Å². The molecule has 16 heteroatoms. The number of halogens is 1. The molecule has 0 aromatic heterocycles. The van der Waals surface area contributed by atoms with E-state index in [4.69, 9.17) is 40.0 Å². The zero-order valence-corrected chi connectivity index (χ0v) is 31.3. The van der Waals surface area contributed by atoms with Crippen LogP contribution in [-0.4, -0.2) is 109 Å². The first-order valence-electron chi connectivity index (χ1n) is 17.1. The number of alkyl carbamates (subject to hydrolysis) is 1. The average molecular weight is 750 g/mol. The fourth-order valence-corrected chi connectivity index (χ4v) is 7.45. The van der Waals surface area contributed by atoms with Crippen LogP contribution >= 0.6 is 11.6 Å². The Morgan fingerprint density at radius 1 is 1.04 bits per heavy atom. The van der Waals surface area contributed by atoms with Crippen molar-refractivity contribution in [1.82, 2.24) is 10.6 Å². The molecule has 4 aliphatic rings. The van der Waals surface area contributed by atoms with Crippen LogP contribution in [0.15, 0.2) is 35.9 Å². The van der Waals surface area contributed by atoms with Crippen molar-refractivity contribution < 1.29 is 57.8 Å². The first-order valence-corrected chi connectivity index (χ1v) is 17.5. The summed E-state index contributed by atoms with van der Waals surface area (Å²) in [7, 11) is 4.33. The highest BCUT2D eigenvalue weighted by molar-refractivity contribution is 6.35. The SMILES string of the molecule is COc1cc2cc(c1Cl)N1CCC(C)(O)C(=O)NC(C)C(=O)O[C@@H](CC1=O)[C@]1(C)O[C@H]1[C@H](C)[C@@H]1C[C@@](O)(NC(=O)O1)[C@H](OC)/C=C/C=C(\C)C2OC. The minimum atomic E-state index is -1.99. The summed E-state index contributed by atoms with van der Waals surface area (Å²) >= 11 is 6.89. The zero-order chi connectivity index (χ0) is 38.3.